The maximum Gasteiger partial charge on any atom is 0.0345 e. The van der Waals surface area contributed by atoms with Crippen molar-refractivity contribution in [3.63, 3.8) is 0 Å². The van der Waals surface area contributed by atoms with Gasteiger partial charge in [0.1, 0.15) is 0 Å². The molecule has 3 aromatic rings. The second-order valence-corrected chi connectivity index (χ2v) is 6.66. The van der Waals surface area contributed by atoms with E-state index in [0.29, 0.717) is 12.0 Å². The molecule has 21 heavy (non-hydrogen) atoms. The van der Waals surface area contributed by atoms with E-state index >= 15 is 0 Å². The van der Waals surface area contributed by atoms with Crippen molar-refractivity contribution in [3.05, 3.63) is 70.6 Å². The van der Waals surface area contributed by atoms with E-state index in [1.165, 1.54) is 26.8 Å². The first-order valence-electron chi connectivity index (χ1n) is 7.36. The van der Waals surface area contributed by atoms with E-state index in [1.807, 2.05) is 11.3 Å². The minimum atomic E-state index is 0.304. The summed E-state index contributed by atoms with van der Waals surface area (Å²) in [4.78, 5) is 0. The van der Waals surface area contributed by atoms with E-state index in [9.17, 15) is 0 Å². The van der Waals surface area contributed by atoms with Crippen molar-refractivity contribution in [1.82, 2.24) is 5.43 Å². The summed E-state index contributed by atoms with van der Waals surface area (Å²) in [6.45, 7) is 0. The molecule has 0 aliphatic heterocycles. The topological polar surface area (TPSA) is 38.0 Å². The molecular formula is C18H18N2S. The fourth-order valence-electron chi connectivity index (χ4n) is 3.40. The summed E-state index contributed by atoms with van der Waals surface area (Å²) in [5.74, 6) is 6.39. The van der Waals surface area contributed by atoms with Crippen molar-refractivity contribution in [2.75, 3.05) is 0 Å². The van der Waals surface area contributed by atoms with Crippen molar-refractivity contribution < 1.29 is 0 Å². The maximum absolute atomic E-state index is 5.85. The summed E-state index contributed by atoms with van der Waals surface area (Å²) in [6, 6.07) is 17.6. The van der Waals surface area contributed by atoms with Crippen molar-refractivity contribution in [2.24, 2.45) is 5.84 Å². The quantitative estimate of drug-likeness (QED) is 0.570. The van der Waals surface area contributed by atoms with Crippen LogP contribution in [0.15, 0.2) is 53.9 Å². The number of benzene rings is 2. The van der Waals surface area contributed by atoms with Gasteiger partial charge in [0.25, 0.3) is 0 Å². The number of hydrazine groups is 1. The summed E-state index contributed by atoms with van der Waals surface area (Å²) in [7, 11) is 0. The highest BCUT2D eigenvalue weighted by molar-refractivity contribution is 7.17. The number of nitrogens with two attached hydrogens (primary N) is 1. The average Bonchev–Trinajstić information content (AvgIpc) is 2.91. The molecule has 1 heterocycles. The van der Waals surface area contributed by atoms with E-state index in [-0.39, 0.29) is 0 Å². The standard InChI is InChI=1S/C18H18N2S/c19-20-17(16-9-12-5-1-2-6-14(12)16)10-13-11-21-18-8-4-3-7-15(13)18/h1-8,11,16-17,20H,9-10,19H2. The fourth-order valence-corrected chi connectivity index (χ4v) is 4.38. The van der Waals surface area contributed by atoms with Crippen LogP contribution in [0.3, 0.4) is 0 Å². The summed E-state index contributed by atoms with van der Waals surface area (Å²) in [5, 5.41) is 3.65. The van der Waals surface area contributed by atoms with Gasteiger partial charge < -0.3 is 0 Å². The van der Waals surface area contributed by atoms with E-state index < -0.39 is 0 Å². The molecule has 0 fully saturated rings. The van der Waals surface area contributed by atoms with E-state index in [4.69, 9.17) is 5.84 Å². The Labute approximate surface area is 128 Å². The van der Waals surface area contributed by atoms with Gasteiger partial charge in [0.2, 0.25) is 0 Å². The van der Waals surface area contributed by atoms with Crippen LogP contribution in [0.4, 0.5) is 0 Å². The fraction of sp³-hybridized carbons (Fsp3) is 0.222. The average molecular weight is 294 g/mol. The summed E-state index contributed by atoms with van der Waals surface area (Å²) in [6.07, 6.45) is 2.12. The van der Waals surface area contributed by atoms with Gasteiger partial charge in [-0.05, 0) is 46.4 Å². The van der Waals surface area contributed by atoms with Crippen molar-refractivity contribution >= 4 is 21.4 Å². The van der Waals surface area contributed by atoms with Gasteiger partial charge in [-0.2, -0.15) is 0 Å². The monoisotopic (exact) mass is 294 g/mol. The lowest BCUT2D eigenvalue weighted by atomic mass is 9.72. The first-order chi connectivity index (χ1) is 10.4. The highest BCUT2D eigenvalue weighted by Gasteiger charge is 2.32. The van der Waals surface area contributed by atoms with Crippen LogP contribution in [-0.4, -0.2) is 6.04 Å². The molecule has 3 heteroatoms. The minimum Gasteiger partial charge on any atom is -0.271 e. The van der Waals surface area contributed by atoms with Crippen LogP contribution in [-0.2, 0) is 12.8 Å². The van der Waals surface area contributed by atoms with Gasteiger partial charge in [-0.3, -0.25) is 11.3 Å². The Morgan fingerprint density at radius 1 is 1.14 bits per heavy atom. The molecule has 0 saturated heterocycles. The van der Waals surface area contributed by atoms with Crippen molar-refractivity contribution in [3.8, 4) is 0 Å². The van der Waals surface area contributed by atoms with Crippen LogP contribution >= 0.6 is 11.3 Å². The lowest BCUT2D eigenvalue weighted by Gasteiger charge is -2.36. The van der Waals surface area contributed by atoms with Crippen LogP contribution in [0.2, 0.25) is 0 Å². The molecule has 2 atom stereocenters. The first kappa shape index (κ1) is 13.0. The van der Waals surface area contributed by atoms with Crippen LogP contribution in [0.25, 0.3) is 10.1 Å². The SMILES string of the molecule is NNC(Cc1csc2ccccc12)C1Cc2ccccc21. The molecule has 0 bridgehead atoms. The number of fused-ring (bicyclic) bond motifs is 2. The lowest BCUT2D eigenvalue weighted by molar-refractivity contribution is 0.405. The molecule has 2 nitrogen and oxygen atoms in total. The molecule has 0 radical (unpaired) electrons. The molecule has 0 saturated carbocycles. The maximum atomic E-state index is 5.85. The Morgan fingerprint density at radius 2 is 1.95 bits per heavy atom. The predicted octanol–water partition coefficient (Wildman–Crippen LogP) is 3.62. The number of hydrogen-bond donors (Lipinski definition) is 2. The zero-order valence-electron chi connectivity index (χ0n) is 11.8. The van der Waals surface area contributed by atoms with Crippen molar-refractivity contribution in [2.45, 2.75) is 24.8 Å². The largest absolute Gasteiger partial charge is 0.271 e. The number of hydrogen-bond acceptors (Lipinski definition) is 3. The molecular weight excluding hydrogens is 276 g/mol. The van der Waals surface area contributed by atoms with Crippen molar-refractivity contribution in [1.29, 1.82) is 0 Å². The third kappa shape index (κ3) is 2.18. The molecule has 4 rings (SSSR count). The smallest absolute Gasteiger partial charge is 0.0345 e. The zero-order valence-corrected chi connectivity index (χ0v) is 12.6. The molecule has 1 aliphatic carbocycles. The molecule has 106 valence electrons. The van der Waals surface area contributed by atoms with Gasteiger partial charge in [-0.1, -0.05) is 42.5 Å². The molecule has 2 aromatic carbocycles. The predicted molar refractivity (Wildman–Crippen MR) is 89.5 cm³/mol. The molecule has 1 aliphatic rings. The second-order valence-electron chi connectivity index (χ2n) is 5.74. The normalized spacial score (nSPS) is 18.2. The molecule has 2 unspecified atom stereocenters. The van der Waals surface area contributed by atoms with Gasteiger partial charge >= 0.3 is 0 Å². The number of nitrogens with one attached hydrogen (secondary N) is 1. The third-order valence-corrected chi connectivity index (χ3v) is 5.61. The summed E-state index contributed by atoms with van der Waals surface area (Å²) in [5.41, 5.74) is 7.39. The van der Waals surface area contributed by atoms with Crippen LogP contribution in [0.5, 0.6) is 0 Å². The highest BCUT2D eigenvalue weighted by atomic mass is 32.1. The Bertz CT molecular complexity index is 777. The Morgan fingerprint density at radius 3 is 2.81 bits per heavy atom. The third-order valence-electron chi connectivity index (χ3n) is 4.60. The number of rotatable bonds is 4. The first-order valence-corrected chi connectivity index (χ1v) is 8.24. The Kier molecular flexibility index (Phi) is 3.26. The second kappa shape index (κ2) is 5.26. The summed E-state index contributed by atoms with van der Waals surface area (Å²) < 4.78 is 1.36. The Balaban J connectivity index is 1.61. The van der Waals surface area contributed by atoms with Gasteiger partial charge in [-0.15, -0.1) is 11.3 Å². The van der Waals surface area contributed by atoms with Gasteiger partial charge in [0.15, 0.2) is 0 Å². The minimum absolute atomic E-state index is 0.304. The lowest BCUT2D eigenvalue weighted by Crippen LogP contribution is -2.45. The highest BCUT2D eigenvalue weighted by Crippen LogP contribution is 2.39. The molecule has 0 spiro atoms. The zero-order chi connectivity index (χ0) is 14.2. The van der Waals surface area contributed by atoms with Gasteiger partial charge in [0, 0.05) is 16.7 Å². The summed E-state index contributed by atoms with van der Waals surface area (Å²) >= 11 is 1.82. The Hall–Kier alpha value is -1.68. The molecule has 1 aromatic heterocycles. The van der Waals surface area contributed by atoms with E-state index in [1.54, 1.807) is 0 Å². The molecule has 0 amide bonds. The van der Waals surface area contributed by atoms with E-state index in [2.05, 4.69) is 59.3 Å². The number of thiophene rings is 1. The van der Waals surface area contributed by atoms with Crippen LogP contribution < -0.4 is 11.3 Å². The van der Waals surface area contributed by atoms with Gasteiger partial charge in [0.05, 0.1) is 0 Å². The van der Waals surface area contributed by atoms with Gasteiger partial charge in [-0.25, -0.2) is 0 Å². The van der Waals surface area contributed by atoms with E-state index in [0.717, 1.165) is 12.8 Å². The molecule has 3 N–H and O–H groups in total. The van der Waals surface area contributed by atoms with Crippen LogP contribution in [0, 0.1) is 0 Å². The van der Waals surface area contributed by atoms with Crippen LogP contribution in [0.1, 0.15) is 22.6 Å².